The summed E-state index contributed by atoms with van der Waals surface area (Å²) < 4.78 is 16.9. The first-order chi connectivity index (χ1) is 20.8. The van der Waals surface area contributed by atoms with Crippen molar-refractivity contribution in [1.29, 1.82) is 0 Å². The Kier molecular flexibility index (Phi) is 10.4. The van der Waals surface area contributed by atoms with Gasteiger partial charge in [-0.15, -0.1) is 0 Å². The summed E-state index contributed by atoms with van der Waals surface area (Å²) in [7, 11) is 0. The Morgan fingerprint density at radius 1 is 0.644 bits per heavy atom. The summed E-state index contributed by atoms with van der Waals surface area (Å²) in [6.07, 6.45) is 0.515. The predicted molar refractivity (Wildman–Crippen MR) is 170 cm³/mol. The van der Waals surface area contributed by atoms with Gasteiger partial charge in [0.25, 0.3) is 0 Å². The Bertz CT molecular complexity index is 1640. The molecule has 3 aromatic carbocycles. The van der Waals surface area contributed by atoms with E-state index < -0.39 is 28.7 Å². The molecule has 0 heterocycles. The van der Waals surface area contributed by atoms with E-state index in [0.717, 1.165) is 0 Å². The van der Waals surface area contributed by atoms with Crippen LogP contribution in [0.15, 0.2) is 54.6 Å². The zero-order chi connectivity index (χ0) is 33.9. The zero-order valence-electron chi connectivity index (χ0n) is 27.2. The van der Waals surface area contributed by atoms with Crippen LogP contribution in [0.1, 0.15) is 83.2 Å². The highest BCUT2D eigenvalue weighted by Gasteiger charge is 2.27. The van der Waals surface area contributed by atoms with Crippen LogP contribution >= 0.6 is 0 Å². The van der Waals surface area contributed by atoms with E-state index in [9.17, 15) is 29.7 Å². The highest BCUT2D eigenvalue weighted by Crippen LogP contribution is 2.38. The number of benzene rings is 3. The maximum absolute atomic E-state index is 12.6. The normalized spacial score (nSPS) is 11.6. The van der Waals surface area contributed by atoms with E-state index >= 15 is 0 Å². The lowest BCUT2D eigenvalue weighted by atomic mass is 9.95. The van der Waals surface area contributed by atoms with Gasteiger partial charge in [0, 0.05) is 40.7 Å². The third kappa shape index (κ3) is 8.88. The summed E-state index contributed by atoms with van der Waals surface area (Å²) >= 11 is 0. The van der Waals surface area contributed by atoms with Crippen LogP contribution < -0.4 is 14.2 Å². The van der Waals surface area contributed by atoms with Crippen molar-refractivity contribution in [3.05, 3.63) is 82.4 Å². The molecule has 0 radical (unpaired) electrons. The van der Waals surface area contributed by atoms with Crippen LogP contribution in [-0.4, -0.2) is 33.2 Å². The second kappa shape index (κ2) is 13.5. The predicted octanol–water partition coefficient (Wildman–Crippen LogP) is 6.93. The number of hydrogen-bond donors (Lipinski definition) is 3. The molecule has 0 bridgehead atoms. The highest BCUT2D eigenvalue weighted by molar-refractivity contribution is 5.89. The van der Waals surface area contributed by atoms with E-state index in [2.05, 4.69) is 6.58 Å². The fourth-order valence-corrected chi connectivity index (χ4v) is 4.10. The van der Waals surface area contributed by atoms with Crippen molar-refractivity contribution in [2.45, 2.75) is 74.7 Å². The molecule has 0 aliphatic heterocycles. The van der Waals surface area contributed by atoms with Crippen molar-refractivity contribution in [1.82, 2.24) is 0 Å². The molecule has 0 fully saturated rings. The van der Waals surface area contributed by atoms with E-state index in [-0.39, 0.29) is 47.2 Å². The number of hydrogen-bond acceptors (Lipinski definition) is 9. The van der Waals surface area contributed by atoms with Crippen molar-refractivity contribution < 1.29 is 43.9 Å². The number of rotatable bonds is 9. The topological polar surface area (TPSA) is 140 Å². The molecule has 240 valence electrons. The van der Waals surface area contributed by atoms with Crippen molar-refractivity contribution in [2.24, 2.45) is 10.8 Å². The van der Waals surface area contributed by atoms with Crippen molar-refractivity contribution >= 4 is 17.9 Å². The average molecular weight is 619 g/mol. The van der Waals surface area contributed by atoms with E-state index in [1.54, 1.807) is 47.6 Å². The Labute approximate surface area is 264 Å². The molecule has 0 saturated heterocycles. The second-order valence-corrected chi connectivity index (χ2v) is 13.1. The molecule has 0 unspecified atom stereocenters. The number of aryl methyl sites for hydroxylation is 1. The first-order valence-electron chi connectivity index (χ1n) is 14.6. The molecule has 0 aliphatic rings. The van der Waals surface area contributed by atoms with Crippen LogP contribution in [0.4, 0.5) is 0 Å². The first-order valence-corrected chi connectivity index (χ1v) is 14.6. The molecule has 9 nitrogen and oxygen atoms in total. The monoisotopic (exact) mass is 618 g/mol. The van der Waals surface area contributed by atoms with Gasteiger partial charge in [-0.2, -0.15) is 0 Å². The van der Waals surface area contributed by atoms with Gasteiger partial charge in [0.05, 0.1) is 10.8 Å². The minimum Gasteiger partial charge on any atom is -0.508 e. The number of phenols is 3. The standard InChI is InChI=1S/C36H42O9/c1-10-21-16-27(38)22(18-30(21)45-34(42)36(7,8)9)13-23-19-31(43-32(40)20(2)3)25(17-28(23)39)14-24-15-26(37)11-12-29(24)44-33(41)35(4,5)6/h11-12,15-19,37-39H,2,10,13-14H2,1,3-9H3. The molecular formula is C36H42O9. The van der Waals surface area contributed by atoms with Gasteiger partial charge in [0.2, 0.25) is 0 Å². The lowest BCUT2D eigenvalue weighted by Crippen LogP contribution is -2.26. The molecule has 3 aromatic rings. The molecular weight excluding hydrogens is 576 g/mol. The van der Waals surface area contributed by atoms with Gasteiger partial charge in [-0.25, -0.2) is 4.79 Å². The summed E-state index contributed by atoms with van der Waals surface area (Å²) in [6.45, 7) is 17.4. The second-order valence-electron chi connectivity index (χ2n) is 13.1. The summed E-state index contributed by atoms with van der Waals surface area (Å²) in [4.78, 5) is 37.9. The number of aromatic hydroxyl groups is 3. The Morgan fingerprint density at radius 3 is 1.58 bits per heavy atom. The third-order valence-corrected chi connectivity index (χ3v) is 6.89. The number of carbonyl (C=O) groups excluding carboxylic acids is 3. The highest BCUT2D eigenvalue weighted by atomic mass is 16.5. The molecule has 0 aromatic heterocycles. The quantitative estimate of drug-likeness (QED) is 0.132. The van der Waals surface area contributed by atoms with Crippen LogP contribution in [0.5, 0.6) is 34.5 Å². The largest absolute Gasteiger partial charge is 0.508 e. The minimum absolute atomic E-state index is 0.000200. The van der Waals surface area contributed by atoms with Crippen LogP contribution in [0.3, 0.4) is 0 Å². The minimum atomic E-state index is -0.789. The molecule has 45 heavy (non-hydrogen) atoms. The Hall–Kier alpha value is -4.79. The van der Waals surface area contributed by atoms with Crippen LogP contribution in [0.2, 0.25) is 0 Å². The van der Waals surface area contributed by atoms with Gasteiger partial charge < -0.3 is 29.5 Å². The van der Waals surface area contributed by atoms with E-state index in [0.29, 0.717) is 40.0 Å². The van der Waals surface area contributed by atoms with Gasteiger partial charge in [0.1, 0.15) is 34.5 Å². The van der Waals surface area contributed by atoms with Crippen molar-refractivity contribution in [3.63, 3.8) is 0 Å². The number of carbonyl (C=O) groups is 3. The Morgan fingerprint density at radius 2 is 1.09 bits per heavy atom. The van der Waals surface area contributed by atoms with Crippen molar-refractivity contribution in [2.75, 3.05) is 0 Å². The van der Waals surface area contributed by atoms with E-state index in [1.165, 1.54) is 43.3 Å². The number of ether oxygens (including phenoxy) is 3. The smallest absolute Gasteiger partial charge is 0.338 e. The van der Waals surface area contributed by atoms with E-state index in [4.69, 9.17) is 14.2 Å². The molecule has 0 aliphatic carbocycles. The third-order valence-electron chi connectivity index (χ3n) is 6.89. The SMILES string of the molecule is C=C(C)C(=O)Oc1cc(Cc2cc(OC(=O)C(C)(C)C)c(CC)cc2O)c(O)cc1Cc1cc(O)ccc1OC(=O)C(C)(C)C. The van der Waals surface area contributed by atoms with Crippen LogP contribution in [0, 0.1) is 10.8 Å². The zero-order valence-corrected chi connectivity index (χ0v) is 27.2. The van der Waals surface area contributed by atoms with Crippen LogP contribution in [0.25, 0.3) is 0 Å². The molecule has 0 saturated carbocycles. The van der Waals surface area contributed by atoms with Gasteiger partial charge in [0.15, 0.2) is 0 Å². The molecule has 0 amide bonds. The first kappa shape index (κ1) is 34.7. The summed E-state index contributed by atoms with van der Waals surface area (Å²) in [5.41, 5.74) is 0.687. The molecule has 3 N–H and O–H groups in total. The van der Waals surface area contributed by atoms with Gasteiger partial charge >= 0.3 is 17.9 Å². The average Bonchev–Trinajstić information content (AvgIpc) is 2.92. The number of phenolic OH excluding ortho intramolecular Hbond substituents is 3. The van der Waals surface area contributed by atoms with Crippen LogP contribution in [-0.2, 0) is 33.6 Å². The number of esters is 3. The van der Waals surface area contributed by atoms with E-state index in [1.807, 2.05) is 6.92 Å². The molecule has 9 heteroatoms. The maximum Gasteiger partial charge on any atom is 0.338 e. The fraction of sp³-hybridized carbons (Fsp3) is 0.361. The molecule has 3 rings (SSSR count). The molecule has 0 spiro atoms. The lowest BCUT2D eigenvalue weighted by Gasteiger charge is -2.20. The summed E-state index contributed by atoms with van der Waals surface area (Å²) in [6, 6.07) is 10.3. The summed E-state index contributed by atoms with van der Waals surface area (Å²) in [5.74, 6) is -1.32. The Balaban J connectivity index is 2.08. The molecule has 0 atom stereocenters. The maximum atomic E-state index is 12.6. The van der Waals surface area contributed by atoms with Crippen molar-refractivity contribution in [3.8, 4) is 34.5 Å². The fourth-order valence-electron chi connectivity index (χ4n) is 4.10. The lowest BCUT2D eigenvalue weighted by molar-refractivity contribution is -0.143. The van der Waals surface area contributed by atoms with Gasteiger partial charge in [-0.1, -0.05) is 13.5 Å². The van der Waals surface area contributed by atoms with Gasteiger partial charge in [-0.3, -0.25) is 9.59 Å². The van der Waals surface area contributed by atoms with Gasteiger partial charge in [-0.05, 0) is 103 Å². The summed E-state index contributed by atoms with van der Waals surface area (Å²) in [5, 5.41) is 32.2.